The molecule has 1 aromatic heterocycles. The second-order valence-electron chi connectivity index (χ2n) is 5.50. The van der Waals surface area contributed by atoms with Crippen molar-refractivity contribution in [2.45, 2.75) is 12.5 Å². The van der Waals surface area contributed by atoms with Gasteiger partial charge in [0.1, 0.15) is 17.7 Å². The number of aromatic nitrogens is 3. The summed E-state index contributed by atoms with van der Waals surface area (Å²) >= 11 is 0. The molecule has 1 fully saturated rings. The first-order valence-corrected chi connectivity index (χ1v) is 7.78. The number of cyclic esters (lactones) is 1. The quantitative estimate of drug-likeness (QED) is 0.507. The average Bonchev–Trinajstić information content (AvgIpc) is 3.04. The maximum absolute atomic E-state index is 14.5. The summed E-state index contributed by atoms with van der Waals surface area (Å²) in [5.74, 6) is -0.224. The third-order valence-electron chi connectivity index (χ3n) is 3.80. The summed E-state index contributed by atoms with van der Waals surface area (Å²) < 4.78 is 29.5. The van der Waals surface area contributed by atoms with Gasteiger partial charge in [-0.1, -0.05) is 6.07 Å². The van der Waals surface area contributed by atoms with Gasteiger partial charge in [-0.3, -0.25) is 4.90 Å². The zero-order valence-corrected chi connectivity index (χ0v) is 19.6. The third-order valence-corrected chi connectivity index (χ3v) is 3.80. The van der Waals surface area contributed by atoms with Gasteiger partial charge < -0.3 is 19.9 Å². The Balaban J connectivity index is 0.00000261. The maximum Gasteiger partial charge on any atom is 0.414 e. The van der Waals surface area contributed by atoms with Crippen molar-refractivity contribution < 1.29 is 67.5 Å². The Bertz CT molecular complexity index is 803. The molecule has 9 nitrogen and oxygen atoms in total. The summed E-state index contributed by atoms with van der Waals surface area (Å²) in [6.45, 7) is 0.189. The fourth-order valence-electron chi connectivity index (χ4n) is 2.50. The van der Waals surface area contributed by atoms with Crippen molar-refractivity contribution in [3.05, 3.63) is 41.1 Å². The summed E-state index contributed by atoms with van der Waals surface area (Å²) in [5.41, 5.74) is 8.01. The van der Waals surface area contributed by atoms with Crippen LogP contribution in [0.15, 0.2) is 18.2 Å². The Kier molecular flexibility index (Phi) is 7.70. The molecule has 0 spiro atoms. The second kappa shape index (κ2) is 9.57. The standard InChI is InChI=1S/C16H17FN5O4.Ac/c1-24-14-19-13(20-15(21-14)25-2)5-9-3-4-10(6-12(9)17)22-8-11(7-18)26-16(22)23;/h3-4,6,11,18H,5,7-8H2,1-2H3;/q-1;/t11-;/m0./s1. The number of ether oxygens (including phenoxy) is 3. The van der Waals surface area contributed by atoms with Crippen molar-refractivity contribution in [1.82, 2.24) is 15.0 Å². The van der Waals surface area contributed by atoms with E-state index in [1.54, 1.807) is 12.1 Å². The number of hydrogen-bond acceptors (Lipinski definition) is 7. The summed E-state index contributed by atoms with van der Waals surface area (Å²) in [6, 6.07) is 4.56. The minimum atomic E-state index is -0.582. The molecule has 1 amide bonds. The normalized spacial score (nSPS) is 15.9. The van der Waals surface area contributed by atoms with E-state index in [1.807, 2.05) is 0 Å². The SMILES string of the molecule is COc1nc(Cc2ccc(N3C[C@H](C[NH-])OC3=O)cc2F)nc(OC)n1.[Ac]. The molecule has 1 radical (unpaired) electrons. The minimum absolute atomic E-state index is 0. The van der Waals surface area contributed by atoms with Gasteiger partial charge in [-0.05, 0) is 17.7 Å². The molecular weight excluding hydrogens is 572 g/mol. The fourth-order valence-corrected chi connectivity index (χ4v) is 2.50. The first-order chi connectivity index (χ1) is 12.5. The fraction of sp³-hybridized carbons (Fsp3) is 0.375. The van der Waals surface area contributed by atoms with E-state index in [2.05, 4.69) is 15.0 Å². The first kappa shape index (κ1) is 21.7. The second-order valence-corrected chi connectivity index (χ2v) is 5.50. The largest absolute Gasteiger partial charge is 0.674 e. The molecule has 0 saturated carbocycles. The number of benzene rings is 1. The number of carbonyl (C=O) groups is 1. The Morgan fingerprint density at radius 2 is 1.93 bits per heavy atom. The van der Waals surface area contributed by atoms with E-state index in [0.29, 0.717) is 11.3 Å². The van der Waals surface area contributed by atoms with E-state index in [0.717, 1.165) is 0 Å². The Morgan fingerprint density at radius 3 is 2.44 bits per heavy atom. The molecule has 11 heteroatoms. The molecule has 141 valence electrons. The molecule has 0 unspecified atom stereocenters. The van der Waals surface area contributed by atoms with Gasteiger partial charge in [-0.2, -0.15) is 9.97 Å². The molecule has 3 rings (SSSR count). The zero-order valence-electron chi connectivity index (χ0n) is 14.8. The van der Waals surface area contributed by atoms with Gasteiger partial charge in [0.2, 0.25) is 0 Å². The number of rotatable bonds is 6. The van der Waals surface area contributed by atoms with E-state index in [-0.39, 0.29) is 81.4 Å². The van der Waals surface area contributed by atoms with Crippen LogP contribution in [0.1, 0.15) is 11.4 Å². The number of amides is 1. The van der Waals surface area contributed by atoms with Crippen LogP contribution in [0.3, 0.4) is 0 Å². The monoisotopic (exact) mass is 589 g/mol. The predicted octanol–water partition coefficient (Wildman–Crippen LogP) is 2.00. The molecule has 2 heterocycles. The van der Waals surface area contributed by atoms with Crippen molar-refractivity contribution >= 4 is 11.8 Å². The van der Waals surface area contributed by atoms with Crippen LogP contribution in [-0.2, 0) is 11.2 Å². The molecule has 1 atom stereocenters. The van der Waals surface area contributed by atoms with Gasteiger partial charge in [-0.15, -0.1) is 11.5 Å². The topological polar surface area (TPSA) is 110 Å². The van der Waals surface area contributed by atoms with Crippen LogP contribution in [0.2, 0.25) is 0 Å². The van der Waals surface area contributed by atoms with E-state index in [9.17, 15) is 9.18 Å². The molecular formula is C16H17AcFN5O4-. The Labute approximate surface area is 191 Å². The van der Waals surface area contributed by atoms with E-state index in [4.69, 9.17) is 19.9 Å². The molecule has 1 N–H and O–H groups in total. The van der Waals surface area contributed by atoms with Crippen LogP contribution in [0.25, 0.3) is 5.73 Å². The summed E-state index contributed by atoms with van der Waals surface area (Å²) in [5, 5.41) is 0. The van der Waals surface area contributed by atoms with Crippen molar-refractivity contribution in [2.75, 3.05) is 32.2 Å². The van der Waals surface area contributed by atoms with Gasteiger partial charge in [0.15, 0.2) is 0 Å². The Morgan fingerprint density at radius 1 is 1.26 bits per heavy atom. The third kappa shape index (κ3) is 5.03. The van der Waals surface area contributed by atoms with Crippen LogP contribution in [0.4, 0.5) is 14.9 Å². The number of anilines is 1. The average molecular weight is 589 g/mol. The number of carbonyl (C=O) groups excluding carboxylic acids is 1. The van der Waals surface area contributed by atoms with E-state index >= 15 is 0 Å². The molecule has 1 aliphatic heterocycles. The van der Waals surface area contributed by atoms with Crippen molar-refractivity contribution in [3.8, 4) is 12.0 Å². The van der Waals surface area contributed by atoms with Gasteiger partial charge in [0, 0.05) is 50.5 Å². The van der Waals surface area contributed by atoms with E-state index < -0.39 is 18.0 Å². The summed E-state index contributed by atoms with van der Waals surface area (Å²) in [6.07, 6.45) is -0.988. The molecule has 0 aliphatic carbocycles. The molecule has 1 saturated heterocycles. The molecule has 1 aliphatic rings. The number of halogens is 1. The number of hydrogen-bond donors (Lipinski definition) is 0. The van der Waals surface area contributed by atoms with Crippen molar-refractivity contribution in [1.29, 1.82) is 0 Å². The van der Waals surface area contributed by atoms with Gasteiger partial charge in [0.25, 0.3) is 0 Å². The minimum Gasteiger partial charge on any atom is -0.674 e. The van der Waals surface area contributed by atoms with E-state index in [1.165, 1.54) is 25.2 Å². The number of nitrogens with zero attached hydrogens (tertiary/aromatic N) is 4. The van der Waals surface area contributed by atoms with Gasteiger partial charge in [-0.25, -0.2) is 9.18 Å². The van der Waals surface area contributed by atoms with Crippen LogP contribution in [-0.4, -0.2) is 54.5 Å². The molecule has 2 aromatic rings. The molecule has 27 heavy (non-hydrogen) atoms. The number of methoxy groups -OCH3 is 2. The van der Waals surface area contributed by atoms with Crippen LogP contribution >= 0.6 is 0 Å². The van der Waals surface area contributed by atoms with Crippen LogP contribution in [0.5, 0.6) is 12.0 Å². The Hall–Kier alpha value is -1.57. The summed E-state index contributed by atoms with van der Waals surface area (Å²) in [4.78, 5) is 25.2. The predicted molar refractivity (Wildman–Crippen MR) is 88.9 cm³/mol. The zero-order chi connectivity index (χ0) is 18.7. The van der Waals surface area contributed by atoms with Crippen LogP contribution < -0.4 is 14.4 Å². The maximum atomic E-state index is 14.5. The van der Waals surface area contributed by atoms with Gasteiger partial charge in [0.05, 0.1) is 26.5 Å². The van der Waals surface area contributed by atoms with Crippen molar-refractivity contribution in [2.24, 2.45) is 0 Å². The van der Waals surface area contributed by atoms with Gasteiger partial charge >= 0.3 is 18.1 Å². The van der Waals surface area contributed by atoms with Crippen molar-refractivity contribution in [3.63, 3.8) is 0 Å². The number of nitrogens with one attached hydrogen (secondary N) is 1. The smallest absolute Gasteiger partial charge is 0.414 e. The summed E-state index contributed by atoms with van der Waals surface area (Å²) in [7, 11) is 2.82. The van der Waals surface area contributed by atoms with Crippen LogP contribution in [0, 0.1) is 49.9 Å². The molecule has 1 aromatic carbocycles. The first-order valence-electron chi connectivity index (χ1n) is 7.78. The molecule has 0 bridgehead atoms.